The monoisotopic (exact) mass is 314 g/mol. The molecule has 2 saturated carbocycles. The average molecular weight is 314 g/mol. The van der Waals surface area contributed by atoms with Crippen molar-refractivity contribution in [3.63, 3.8) is 0 Å². The summed E-state index contributed by atoms with van der Waals surface area (Å²) in [5.41, 5.74) is -0.499. The highest BCUT2D eigenvalue weighted by molar-refractivity contribution is 7.72. The lowest BCUT2D eigenvalue weighted by atomic mass is 9.98. The zero-order valence-electron chi connectivity index (χ0n) is 13.0. The molecule has 4 nitrogen and oxygen atoms in total. The molecule has 0 bridgehead atoms. The van der Waals surface area contributed by atoms with E-state index in [9.17, 15) is 9.36 Å². The maximum absolute atomic E-state index is 13.0. The lowest BCUT2D eigenvalue weighted by Gasteiger charge is -2.29. The second-order valence-corrected chi connectivity index (χ2v) is 7.92. The molecule has 0 radical (unpaired) electrons. The van der Waals surface area contributed by atoms with Crippen LogP contribution in [-0.2, 0) is 18.4 Å². The van der Waals surface area contributed by atoms with E-state index in [4.69, 9.17) is 9.05 Å². The molecule has 0 aromatic rings. The first-order valence-corrected chi connectivity index (χ1v) is 9.82. The van der Waals surface area contributed by atoms with Gasteiger partial charge in [-0.1, -0.05) is 44.6 Å². The highest BCUT2D eigenvalue weighted by atomic mass is 31.2. The third-order valence-electron chi connectivity index (χ3n) is 4.26. The van der Waals surface area contributed by atoms with Crippen molar-refractivity contribution in [2.24, 2.45) is 0 Å². The number of carbonyl (C=O) groups is 1. The molecule has 0 spiro atoms. The van der Waals surface area contributed by atoms with E-state index in [1.807, 2.05) is 0 Å². The Hall–Kier alpha value is -0.440. The number of hydrogen-bond donors (Lipinski definition) is 0. The smallest absolute Gasteiger partial charge is 0.300 e. The highest BCUT2D eigenvalue weighted by Crippen LogP contribution is 2.54. The molecule has 0 unspecified atom stereocenters. The minimum absolute atomic E-state index is 0.0950. The van der Waals surface area contributed by atoms with Crippen LogP contribution in [0.5, 0.6) is 0 Å². The van der Waals surface area contributed by atoms with E-state index in [1.165, 1.54) is 18.9 Å². The van der Waals surface area contributed by atoms with Gasteiger partial charge in [0, 0.05) is 0 Å². The van der Waals surface area contributed by atoms with Gasteiger partial charge >= 0.3 is 7.60 Å². The fraction of sp³-hybridized carbons (Fsp3) is 0.812. The van der Waals surface area contributed by atoms with Gasteiger partial charge in [-0.25, -0.2) is 0 Å². The second kappa shape index (κ2) is 8.26. The van der Waals surface area contributed by atoms with Gasteiger partial charge in [-0.2, -0.15) is 0 Å². The second-order valence-electron chi connectivity index (χ2n) is 6.07. The third-order valence-corrected chi connectivity index (χ3v) is 6.10. The molecule has 0 aromatic heterocycles. The summed E-state index contributed by atoms with van der Waals surface area (Å²) in [6.45, 7) is 1.74. The van der Waals surface area contributed by atoms with E-state index >= 15 is 0 Å². The van der Waals surface area contributed by atoms with Crippen molar-refractivity contribution < 1.29 is 18.4 Å². The molecular weight excluding hydrogens is 287 g/mol. The molecule has 2 aliphatic rings. The molecule has 2 fully saturated rings. The molecule has 0 amide bonds. The van der Waals surface area contributed by atoms with Crippen LogP contribution in [-0.4, -0.2) is 17.7 Å². The number of carbonyl (C=O) groups excluding carboxylic acids is 1. The minimum atomic E-state index is -3.69. The van der Waals surface area contributed by atoms with Gasteiger partial charge < -0.3 is 0 Å². The van der Waals surface area contributed by atoms with E-state index in [2.05, 4.69) is 0 Å². The number of hydrogen-bond acceptors (Lipinski definition) is 4. The van der Waals surface area contributed by atoms with Crippen molar-refractivity contribution in [3.05, 3.63) is 12.2 Å². The van der Waals surface area contributed by atoms with Gasteiger partial charge in [-0.3, -0.25) is 18.4 Å². The van der Waals surface area contributed by atoms with Crippen LogP contribution in [0.3, 0.4) is 0 Å². The Morgan fingerprint density at radius 1 is 0.905 bits per heavy atom. The zero-order valence-corrected chi connectivity index (χ0v) is 13.9. The fourth-order valence-corrected chi connectivity index (χ4v) is 4.89. The minimum Gasteiger partial charge on any atom is -0.300 e. The molecule has 5 heteroatoms. The summed E-state index contributed by atoms with van der Waals surface area (Å²) in [7, 11) is -3.69. The van der Waals surface area contributed by atoms with Crippen LogP contribution in [0, 0.1) is 0 Å². The van der Waals surface area contributed by atoms with Crippen LogP contribution in [0.4, 0.5) is 0 Å². The van der Waals surface area contributed by atoms with Gasteiger partial charge in [0.2, 0.25) is 0 Å². The Morgan fingerprint density at radius 2 is 1.33 bits per heavy atom. The lowest BCUT2D eigenvalue weighted by molar-refractivity contribution is -0.110. The summed E-state index contributed by atoms with van der Waals surface area (Å²) in [5, 5.41) is 0. The molecule has 0 N–H and O–H groups in total. The van der Waals surface area contributed by atoms with Crippen molar-refractivity contribution in [2.75, 3.05) is 0 Å². The number of allylic oxidation sites excluding steroid dienone is 2. The van der Waals surface area contributed by atoms with Crippen molar-refractivity contribution in [1.82, 2.24) is 0 Å². The van der Waals surface area contributed by atoms with Crippen LogP contribution in [0.2, 0.25) is 0 Å². The normalized spacial score (nSPS) is 22.7. The van der Waals surface area contributed by atoms with Gasteiger partial charge in [0.1, 0.15) is 0 Å². The molecule has 120 valence electrons. The van der Waals surface area contributed by atoms with Crippen molar-refractivity contribution in [3.8, 4) is 0 Å². The van der Waals surface area contributed by atoms with E-state index < -0.39 is 13.1 Å². The quantitative estimate of drug-likeness (QED) is 0.512. The van der Waals surface area contributed by atoms with E-state index in [-0.39, 0.29) is 12.2 Å². The van der Waals surface area contributed by atoms with E-state index in [0.717, 1.165) is 51.4 Å². The molecular formula is C16H27O4P. The summed E-state index contributed by atoms with van der Waals surface area (Å²) in [5.74, 6) is 0. The Bertz CT molecular complexity index is 383. The largest absolute Gasteiger partial charge is 0.401 e. The maximum Gasteiger partial charge on any atom is 0.401 e. The lowest BCUT2D eigenvalue weighted by Crippen LogP contribution is -2.22. The molecule has 0 aliphatic heterocycles. The molecule has 2 rings (SSSR count). The first kappa shape index (κ1) is 16.9. The van der Waals surface area contributed by atoms with E-state index in [1.54, 1.807) is 13.0 Å². The summed E-state index contributed by atoms with van der Waals surface area (Å²) >= 11 is 0. The number of rotatable bonds is 6. The van der Waals surface area contributed by atoms with E-state index in [0.29, 0.717) is 0 Å². The van der Waals surface area contributed by atoms with Crippen molar-refractivity contribution in [1.29, 1.82) is 0 Å². The molecule has 0 atom stereocenters. The Balaban J connectivity index is 2.04. The summed E-state index contributed by atoms with van der Waals surface area (Å²) in [6, 6.07) is 0. The van der Waals surface area contributed by atoms with Crippen LogP contribution >= 0.6 is 7.60 Å². The average Bonchev–Trinajstić information content (AvgIpc) is 2.49. The van der Waals surface area contributed by atoms with Crippen molar-refractivity contribution >= 4 is 13.1 Å². The summed E-state index contributed by atoms with van der Waals surface area (Å²) in [6.07, 6.45) is 12.9. The van der Waals surface area contributed by atoms with Crippen LogP contribution in [0.15, 0.2) is 12.2 Å². The summed E-state index contributed by atoms with van der Waals surface area (Å²) < 4.78 is 24.5. The van der Waals surface area contributed by atoms with Gasteiger partial charge in [0.15, 0.2) is 0 Å². The Morgan fingerprint density at radius 3 is 1.71 bits per heavy atom. The van der Waals surface area contributed by atoms with Gasteiger partial charge in [0.25, 0.3) is 5.52 Å². The summed E-state index contributed by atoms with van der Waals surface area (Å²) in [4.78, 5) is 12.2. The highest BCUT2D eigenvalue weighted by Gasteiger charge is 2.39. The van der Waals surface area contributed by atoms with Crippen LogP contribution in [0.25, 0.3) is 0 Å². The van der Waals surface area contributed by atoms with Gasteiger partial charge in [-0.15, -0.1) is 0 Å². The zero-order chi connectivity index (χ0) is 15.1. The van der Waals surface area contributed by atoms with Gasteiger partial charge in [-0.05, 0) is 38.7 Å². The third kappa shape index (κ3) is 5.05. The topological polar surface area (TPSA) is 52.6 Å². The predicted octanol–water partition coefficient (Wildman–Crippen LogP) is 4.98. The first-order chi connectivity index (χ1) is 10.1. The Kier molecular flexibility index (Phi) is 6.66. The first-order valence-electron chi connectivity index (χ1n) is 8.28. The predicted molar refractivity (Wildman–Crippen MR) is 83.3 cm³/mol. The maximum atomic E-state index is 13.0. The molecule has 0 aromatic carbocycles. The van der Waals surface area contributed by atoms with Crippen LogP contribution in [0.1, 0.15) is 71.1 Å². The molecule has 0 saturated heterocycles. The molecule has 21 heavy (non-hydrogen) atoms. The molecule has 0 heterocycles. The Labute approximate surface area is 127 Å². The fourth-order valence-electron chi connectivity index (χ4n) is 3.10. The molecule has 2 aliphatic carbocycles. The van der Waals surface area contributed by atoms with Crippen molar-refractivity contribution in [2.45, 2.75) is 83.3 Å². The SMILES string of the molecule is C/C=C/C(=O)P(=O)(OC1CCCCC1)OC1CCCCC1. The standard InChI is InChI=1S/C16H27O4P/c1-2-9-16(17)21(18,19-14-10-5-3-6-11-14)20-15-12-7-4-8-13-15/h2,9,14-15H,3-8,10-13H2,1H3/b9-2+. The van der Waals surface area contributed by atoms with Crippen LogP contribution < -0.4 is 0 Å². The van der Waals surface area contributed by atoms with Gasteiger partial charge in [0.05, 0.1) is 12.2 Å².